The van der Waals surface area contributed by atoms with E-state index in [-0.39, 0.29) is 5.82 Å². The molecule has 1 rings (SSSR count). The first-order chi connectivity index (χ1) is 8.13. The van der Waals surface area contributed by atoms with Gasteiger partial charge in [-0.3, -0.25) is 0 Å². The summed E-state index contributed by atoms with van der Waals surface area (Å²) in [5.41, 5.74) is 2.26. The van der Waals surface area contributed by atoms with Crippen LogP contribution in [0, 0.1) is 18.7 Å². The summed E-state index contributed by atoms with van der Waals surface area (Å²) in [6.07, 6.45) is 0.978. The molecule has 0 bridgehead atoms. The Labute approximate surface area is 103 Å². The van der Waals surface area contributed by atoms with Crippen molar-refractivity contribution in [1.29, 1.82) is 0 Å². The van der Waals surface area contributed by atoms with E-state index in [1.165, 1.54) is 11.6 Å². The van der Waals surface area contributed by atoms with Gasteiger partial charge in [0.1, 0.15) is 5.82 Å². The molecule has 1 unspecified atom stereocenters. The van der Waals surface area contributed by atoms with Gasteiger partial charge in [-0.1, -0.05) is 13.0 Å². The van der Waals surface area contributed by atoms with Crippen molar-refractivity contribution in [3.05, 3.63) is 35.1 Å². The van der Waals surface area contributed by atoms with E-state index in [1.807, 2.05) is 13.0 Å². The molecule has 0 fully saturated rings. The fourth-order valence-electron chi connectivity index (χ4n) is 1.86. The van der Waals surface area contributed by atoms with Gasteiger partial charge in [0.15, 0.2) is 0 Å². The van der Waals surface area contributed by atoms with Crippen LogP contribution in [-0.2, 0) is 11.2 Å². The molecule has 0 saturated heterocycles. The van der Waals surface area contributed by atoms with E-state index in [0.717, 1.165) is 31.7 Å². The number of aryl methyl sites for hydroxylation is 1. The summed E-state index contributed by atoms with van der Waals surface area (Å²) in [4.78, 5) is 0. The van der Waals surface area contributed by atoms with Crippen LogP contribution in [0.25, 0.3) is 0 Å². The number of hydrogen-bond donors (Lipinski definition) is 1. The molecule has 0 aliphatic heterocycles. The fraction of sp³-hybridized carbons (Fsp3) is 0.571. The molecule has 0 spiro atoms. The second-order valence-corrected chi connectivity index (χ2v) is 4.58. The number of benzene rings is 1. The van der Waals surface area contributed by atoms with Gasteiger partial charge < -0.3 is 10.1 Å². The molecule has 1 aromatic rings. The lowest BCUT2D eigenvalue weighted by molar-refractivity contribution is 0.198. The first-order valence-corrected chi connectivity index (χ1v) is 6.08. The standard InChI is InChI=1S/C14H22FNO/c1-11(10-16-6-7-17-3)8-13-4-5-14(15)9-12(13)2/h4-5,9,11,16H,6-8,10H2,1-3H3. The van der Waals surface area contributed by atoms with Crippen LogP contribution in [0.4, 0.5) is 4.39 Å². The average Bonchev–Trinajstić information content (AvgIpc) is 2.28. The zero-order valence-electron chi connectivity index (χ0n) is 10.9. The molecular formula is C14H22FNO. The third-order valence-corrected chi connectivity index (χ3v) is 2.85. The lowest BCUT2D eigenvalue weighted by atomic mass is 9.97. The Balaban J connectivity index is 2.37. The van der Waals surface area contributed by atoms with Gasteiger partial charge in [0.25, 0.3) is 0 Å². The van der Waals surface area contributed by atoms with Crippen LogP contribution in [0.3, 0.4) is 0 Å². The number of halogens is 1. The van der Waals surface area contributed by atoms with Crippen LogP contribution in [-0.4, -0.2) is 26.8 Å². The highest BCUT2D eigenvalue weighted by Gasteiger charge is 2.06. The quantitative estimate of drug-likeness (QED) is 0.738. The van der Waals surface area contributed by atoms with Crippen LogP contribution >= 0.6 is 0 Å². The minimum Gasteiger partial charge on any atom is -0.383 e. The first kappa shape index (κ1) is 14.1. The Bertz CT molecular complexity index is 341. The van der Waals surface area contributed by atoms with Gasteiger partial charge in [0, 0.05) is 13.7 Å². The van der Waals surface area contributed by atoms with Crippen molar-refractivity contribution in [3.8, 4) is 0 Å². The Morgan fingerprint density at radius 1 is 1.41 bits per heavy atom. The summed E-state index contributed by atoms with van der Waals surface area (Å²) in [5, 5.41) is 3.34. The van der Waals surface area contributed by atoms with Gasteiger partial charge >= 0.3 is 0 Å². The highest BCUT2D eigenvalue weighted by atomic mass is 19.1. The van der Waals surface area contributed by atoms with Crippen molar-refractivity contribution in [2.45, 2.75) is 20.3 Å². The molecule has 0 saturated carbocycles. The second kappa shape index (κ2) is 7.41. The molecule has 96 valence electrons. The van der Waals surface area contributed by atoms with E-state index in [1.54, 1.807) is 13.2 Å². The predicted molar refractivity (Wildman–Crippen MR) is 68.8 cm³/mol. The largest absolute Gasteiger partial charge is 0.383 e. The van der Waals surface area contributed by atoms with Crippen molar-refractivity contribution >= 4 is 0 Å². The van der Waals surface area contributed by atoms with Gasteiger partial charge in [-0.15, -0.1) is 0 Å². The monoisotopic (exact) mass is 239 g/mol. The van der Waals surface area contributed by atoms with Crippen LogP contribution in [0.1, 0.15) is 18.1 Å². The summed E-state index contributed by atoms with van der Waals surface area (Å²) in [6.45, 7) is 6.73. The highest BCUT2D eigenvalue weighted by molar-refractivity contribution is 5.26. The van der Waals surface area contributed by atoms with Gasteiger partial charge in [-0.05, 0) is 49.1 Å². The van der Waals surface area contributed by atoms with Crippen molar-refractivity contribution in [1.82, 2.24) is 5.32 Å². The maximum absolute atomic E-state index is 12.9. The topological polar surface area (TPSA) is 21.3 Å². The molecule has 1 N–H and O–H groups in total. The minimum atomic E-state index is -0.155. The Hall–Kier alpha value is -0.930. The summed E-state index contributed by atoms with van der Waals surface area (Å²) in [5.74, 6) is 0.383. The molecule has 0 aliphatic rings. The smallest absolute Gasteiger partial charge is 0.123 e. The molecule has 1 atom stereocenters. The van der Waals surface area contributed by atoms with Gasteiger partial charge in [0.2, 0.25) is 0 Å². The van der Waals surface area contributed by atoms with Crippen molar-refractivity contribution in [2.75, 3.05) is 26.8 Å². The van der Waals surface area contributed by atoms with Crippen LogP contribution in [0.5, 0.6) is 0 Å². The zero-order valence-corrected chi connectivity index (χ0v) is 10.9. The summed E-state index contributed by atoms with van der Waals surface area (Å²) < 4.78 is 17.9. The van der Waals surface area contributed by atoms with E-state index in [2.05, 4.69) is 12.2 Å². The van der Waals surface area contributed by atoms with Crippen molar-refractivity contribution in [2.24, 2.45) is 5.92 Å². The Morgan fingerprint density at radius 3 is 2.82 bits per heavy atom. The third-order valence-electron chi connectivity index (χ3n) is 2.85. The number of nitrogens with one attached hydrogen (secondary N) is 1. The van der Waals surface area contributed by atoms with E-state index >= 15 is 0 Å². The molecule has 1 aromatic carbocycles. The average molecular weight is 239 g/mol. The summed E-state index contributed by atoms with van der Waals surface area (Å²) >= 11 is 0. The fourth-order valence-corrected chi connectivity index (χ4v) is 1.86. The molecule has 3 heteroatoms. The molecule has 2 nitrogen and oxygen atoms in total. The van der Waals surface area contributed by atoms with E-state index in [9.17, 15) is 4.39 Å². The number of methoxy groups -OCH3 is 1. The molecule has 0 radical (unpaired) electrons. The van der Waals surface area contributed by atoms with Crippen molar-refractivity contribution < 1.29 is 9.13 Å². The molecular weight excluding hydrogens is 217 g/mol. The number of rotatable bonds is 7. The van der Waals surface area contributed by atoms with Gasteiger partial charge in [-0.2, -0.15) is 0 Å². The SMILES string of the molecule is COCCNCC(C)Cc1ccc(F)cc1C. The van der Waals surface area contributed by atoms with Crippen LogP contribution in [0.15, 0.2) is 18.2 Å². The van der Waals surface area contributed by atoms with E-state index in [0.29, 0.717) is 5.92 Å². The molecule has 0 aromatic heterocycles. The molecule has 0 aliphatic carbocycles. The molecule has 0 amide bonds. The second-order valence-electron chi connectivity index (χ2n) is 4.58. The lowest BCUT2D eigenvalue weighted by Gasteiger charge is -2.14. The minimum absolute atomic E-state index is 0.155. The van der Waals surface area contributed by atoms with Crippen molar-refractivity contribution in [3.63, 3.8) is 0 Å². The van der Waals surface area contributed by atoms with E-state index < -0.39 is 0 Å². The summed E-state index contributed by atoms with van der Waals surface area (Å²) in [6, 6.07) is 5.02. The number of hydrogen-bond acceptors (Lipinski definition) is 2. The lowest BCUT2D eigenvalue weighted by Crippen LogP contribution is -2.25. The Morgan fingerprint density at radius 2 is 2.18 bits per heavy atom. The van der Waals surface area contributed by atoms with Crippen LogP contribution < -0.4 is 5.32 Å². The third kappa shape index (κ3) is 5.29. The summed E-state index contributed by atoms with van der Waals surface area (Å²) in [7, 11) is 1.70. The van der Waals surface area contributed by atoms with E-state index in [4.69, 9.17) is 4.74 Å². The maximum Gasteiger partial charge on any atom is 0.123 e. The maximum atomic E-state index is 12.9. The first-order valence-electron chi connectivity index (χ1n) is 6.08. The predicted octanol–water partition coefficient (Wildman–Crippen LogP) is 2.55. The van der Waals surface area contributed by atoms with Gasteiger partial charge in [0.05, 0.1) is 6.61 Å². The molecule has 0 heterocycles. The van der Waals surface area contributed by atoms with Crippen LogP contribution in [0.2, 0.25) is 0 Å². The normalized spacial score (nSPS) is 12.7. The Kier molecular flexibility index (Phi) is 6.16. The van der Waals surface area contributed by atoms with Gasteiger partial charge in [-0.25, -0.2) is 4.39 Å². The highest BCUT2D eigenvalue weighted by Crippen LogP contribution is 2.14. The molecule has 17 heavy (non-hydrogen) atoms. The number of ether oxygens (including phenoxy) is 1. The zero-order chi connectivity index (χ0) is 12.7.